The van der Waals surface area contributed by atoms with E-state index in [9.17, 15) is 19.5 Å². The minimum Gasteiger partial charge on any atom is -0.392 e. The van der Waals surface area contributed by atoms with E-state index in [0.717, 1.165) is 53.9 Å². The highest BCUT2D eigenvalue weighted by molar-refractivity contribution is 5.93. The van der Waals surface area contributed by atoms with Crippen LogP contribution in [-0.4, -0.2) is 70.9 Å². The summed E-state index contributed by atoms with van der Waals surface area (Å²) in [5.41, 5.74) is 5.71. The standard InChI is InChI=1S/C37H45N5O7/c43-24-27-11-13-28(14-12-27)32-21-31(23-41-19-17-37(18-20-41)36(46)39-25-42(37)30-5-2-1-3-6-30)48-35(49-32)29-15-9-26(10-16-29)22-38-33(44)7-4-8-34(45)40-47/h1-3,5-6,9-16,31-32,35,43,47H,4,7-8,17-25H2,(H,38,44)(H,39,46)(H,40,45)/t31-,32+,35+/m0/s1. The number of anilines is 1. The third-order valence-electron chi connectivity index (χ3n) is 9.84. The van der Waals surface area contributed by atoms with Gasteiger partial charge in [-0.15, -0.1) is 0 Å². The van der Waals surface area contributed by atoms with Gasteiger partial charge in [0.1, 0.15) is 5.54 Å². The summed E-state index contributed by atoms with van der Waals surface area (Å²) in [6, 6.07) is 25.7. The summed E-state index contributed by atoms with van der Waals surface area (Å²) in [4.78, 5) is 41.1. The molecule has 6 rings (SSSR count). The van der Waals surface area contributed by atoms with Gasteiger partial charge in [0.15, 0.2) is 6.29 Å². The summed E-state index contributed by atoms with van der Waals surface area (Å²) < 4.78 is 13.1. The van der Waals surface area contributed by atoms with Crippen LogP contribution in [0.1, 0.15) is 73.2 Å². The molecule has 3 amide bonds. The molecule has 49 heavy (non-hydrogen) atoms. The zero-order chi connectivity index (χ0) is 34.2. The molecular weight excluding hydrogens is 626 g/mol. The molecule has 260 valence electrons. The average Bonchev–Trinajstić information content (AvgIpc) is 3.46. The van der Waals surface area contributed by atoms with Gasteiger partial charge in [-0.1, -0.05) is 66.7 Å². The smallest absolute Gasteiger partial charge is 0.247 e. The van der Waals surface area contributed by atoms with Crippen LogP contribution in [0.2, 0.25) is 0 Å². The predicted molar refractivity (Wildman–Crippen MR) is 181 cm³/mol. The lowest BCUT2D eigenvalue weighted by Gasteiger charge is -2.45. The fourth-order valence-corrected chi connectivity index (χ4v) is 7.01. The van der Waals surface area contributed by atoms with Crippen LogP contribution in [0.3, 0.4) is 0 Å². The Kier molecular flexibility index (Phi) is 11.2. The number of hydrogen-bond acceptors (Lipinski definition) is 9. The number of benzene rings is 3. The van der Waals surface area contributed by atoms with Crippen molar-refractivity contribution in [2.45, 2.75) is 75.7 Å². The highest BCUT2D eigenvalue weighted by atomic mass is 16.7. The minimum atomic E-state index is -0.604. The fourth-order valence-electron chi connectivity index (χ4n) is 7.01. The third kappa shape index (κ3) is 8.28. The van der Waals surface area contributed by atoms with Gasteiger partial charge in [0.2, 0.25) is 17.7 Å². The number of ether oxygens (including phenoxy) is 2. The number of hydrogen-bond donors (Lipinski definition) is 5. The van der Waals surface area contributed by atoms with Crippen molar-refractivity contribution >= 4 is 23.4 Å². The molecule has 3 atom stereocenters. The molecule has 0 aliphatic carbocycles. The number of likely N-dealkylation sites (tertiary alicyclic amines) is 1. The first-order valence-corrected chi connectivity index (χ1v) is 17.0. The summed E-state index contributed by atoms with van der Waals surface area (Å²) >= 11 is 0. The molecule has 3 aromatic rings. The molecule has 3 heterocycles. The maximum atomic E-state index is 13.2. The lowest BCUT2D eigenvalue weighted by molar-refractivity contribution is -0.253. The van der Waals surface area contributed by atoms with Crippen molar-refractivity contribution in [3.05, 3.63) is 101 Å². The predicted octanol–water partition coefficient (Wildman–Crippen LogP) is 3.44. The number of hydroxylamine groups is 1. The van der Waals surface area contributed by atoms with E-state index in [0.29, 0.717) is 32.6 Å². The summed E-state index contributed by atoms with van der Waals surface area (Å²) in [7, 11) is 0. The molecule has 3 aliphatic heterocycles. The van der Waals surface area contributed by atoms with E-state index in [2.05, 4.69) is 32.6 Å². The number of aliphatic hydroxyl groups is 1. The van der Waals surface area contributed by atoms with Gasteiger partial charge >= 0.3 is 0 Å². The molecule has 0 aromatic heterocycles. The fraction of sp³-hybridized carbons (Fsp3) is 0.432. The summed E-state index contributed by atoms with van der Waals surface area (Å²) in [5.74, 6) is -0.587. The van der Waals surface area contributed by atoms with Gasteiger partial charge in [0.05, 0.1) is 25.5 Å². The molecule has 0 unspecified atom stereocenters. The lowest BCUT2D eigenvalue weighted by atomic mass is 9.85. The third-order valence-corrected chi connectivity index (χ3v) is 9.84. The van der Waals surface area contributed by atoms with E-state index < -0.39 is 17.7 Å². The van der Waals surface area contributed by atoms with E-state index >= 15 is 0 Å². The second-order valence-corrected chi connectivity index (χ2v) is 13.0. The van der Waals surface area contributed by atoms with Crippen LogP contribution in [0.5, 0.6) is 0 Å². The number of carbonyl (C=O) groups excluding carboxylic acids is 3. The zero-order valence-electron chi connectivity index (χ0n) is 27.6. The summed E-state index contributed by atoms with van der Waals surface area (Å²) in [6.45, 7) is 3.08. The Morgan fingerprint density at radius 3 is 2.24 bits per heavy atom. The van der Waals surface area contributed by atoms with E-state index in [1.807, 2.05) is 66.7 Å². The molecule has 3 saturated heterocycles. The van der Waals surface area contributed by atoms with Gasteiger partial charge in [-0.25, -0.2) is 5.48 Å². The van der Waals surface area contributed by atoms with Crippen molar-refractivity contribution in [2.24, 2.45) is 0 Å². The Morgan fingerprint density at radius 1 is 0.878 bits per heavy atom. The molecule has 3 aliphatic rings. The Bertz CT molecular complexity index is 1560. The van der Waals surface area contributed by atoms with Gasteiger partial charge in [0, 0.05) is 56.7 Å². The van der Waals surface area contributed by atoms with Crippen LogP contribution in [-0.2, 0) is 37.0 Å². The summed E-state index contributed by atoms with van der Waals surface area (Å²) in [6.07, 6.45) is 1.79. The van der Waals surface area contributed by atoms with Gasteiger partial charge in [0.25, 0.3) is 0 Å². The number of nitrogens with zero attached hydrogens (tertiary/aromatic N) is 2. The molecule has 1 spiro atoms. The number of rotatable bonds is 12. The van der Waals surface area contributed by atoms with Crippen LogP contribution in [0.15, 0.2) is 78.9 Å². The van der Waals surface area contributed by atoms with Gasteiger partial charge < -0.3 is 35.0 Å². The topological polar surface area (TPSA) is 153 Å². The molecule has 0 saturated carbocycles. The number of para-hydroxylation sites is 1. The molecule has 0 bridgehead atoms. The van der Waals surface area contributed by atoms with Crippen molar-refractivity contribution in [3.63, 3.8) is 0 Å². The Hall–Kier alpha value is -4.33. The molecule has 12 heteroatoms. The normalized spacial score (nSPS) is 22.1. The highest BCUT2D eigenvalue weighted by Gasteiger charge is 2.50. The SMILES string of the molecule is O=C(CCCC(=O)NCc1ccc([C@@H]2O[C@H](CN3CCC4(CC3)C(=O)NCN4c3ccccc3)C[C@H](c3ccc(CO)cc3)O2)cc1)NO. The minimum absolute atomic E-state index is 0.0238. The first kappa shape index (κ1) is 34.5. The quantitative estimate of drug-likeness (QED) is 0.144. The van der Waals surface area contributed by atoms with E-state index in [-0.39, 0.29) is 43.5 Å². The lowest BCUT2D eigenvalue weighted by Crippen LogP contribution is -2.57. The van der Waals surface area contributed by atoms with E-state index in [1.54, 1.807) is 5.48 Å². The Morgan fingerprint density at radius 2 is 1.55 bits per heavy atom. The second kappa shape index (κ2) is 15.9. The number of nitrogens with one attached hydrogen (secondary N) is 3. The van der Waals surface area contributed by atoms with Crippen molar-refractivity contribution in [1.82, 2.24) is 21.0 Å². The van der Waals surface area contributed by atoms with Gasteiger partial charge in [-0.05, 0) is 48.1 Å². The average molecular weight is 672 g/mol. The molecule has 12 nitrogen and oxygen atoms in total. The molecular formula is C37H45N5O7. The van der Waals surface area contributed by atoms with Crippen molar-refractivity contribution < 1.29 is 34.2 Å². The Balaban J connectivity index is 1.10. The number of amides is 3. The highest BCUT2D eigenvalue weighted by Crippen LogP contribution is 2.40. The van der Waals surface area contributed by atoms with Gasteiger partial charge in [-0.3, -0.25) is 19.6 Å². The van der Waals surface area contributed by atoms with Crippen molar-refractivity contribution in [2.75, 3.05) is 31.2 Å². The van der Waals surface area contributed by atoms with Crippen LogP contribution in [0.25, 0.3) is 0 Å². The zero-order valence-corrected chi connectivity index (χ0v) is 27.6. The largest absolute Gasteiger partial charge is 0.392 e. The monoisotopic (exact) mass is 671 g/mol. The molecule has 3 aromatic carbocycles. The molecule has 5 N–H and O–H groups in total. The van der Waals surface area contributed by atoms with Gasteiger partial charge in [-0.2, -0.15) is 0 Å². The van der Waals surface area contributed by atoms with Crippen LogP contribution >= 0.6 is 0 Å². The first-order chi connectivity index (χ1) is 23.9. The summed E-state index contributed by atoms with van der Waals surface area (Å²) in [5, 5.41) is 24.1. The van der Waals surface area contributed by atoms with Crippen molar-refractivity contribution in [3.8, 4) is 0 Å². The van der Waals surface area contributed by atoms with E-state index in [4.69, 9.17) is 14.7 Å². The first-order valence-electron chi connectivity index (χ1n) is 17.0. The molecule has 3 fully saturated rings. The maximum Gasteiger partial charge on any atom is 0.247 e. The van der Waals surface area contributed by atoms with E-state index in [1.165, 1.54) is 0 Å². The number of piperidine rings is 1. The molecule has 0 radical (unpaired) electrons. The van der Waals surface area contributed by atoms with Crippen LogP contribution in [0, 0.1) is 0 Å². The number of aliphatic hydroxyl groups excluding tert-OH is 1. The Labute approximate surface area is 286 Å². The maximum absolute atomic E-state index is 13.2. The van der Waals surface area contributed by atoms with Crippen LogP contribution in [0.4, 0.5) is 5.69 Å². The number of carbonyl (C=O) groups is 3. The van der Waals surface area contributed by atoms with Crippen LogP contribution < -0.4 is 21.0 Å². The van der Waals surface area contributed by atoms with Crippen molar-refractivity contribution in [1.29, 1.82) is 0 Å². The second-order valence-electron chi connectivity index (χ2n) is 13.0.